The van der Waals surface area contributed by atoms with Crippen molar-refractivity contribution >= 4 is 28.4 Å². The molecule has 0 bridgehead atoms. The van der Waals surface area contributed by atoms with Crippen molar-refractivity contribution in [1.82, 2.24) is 0 Å². The molecule has 4 aromatic carbocycles. The van der Waals surface area contributed by atoms with Crippen LogP contribution in [0.3, 0.4) is 0 Å². The molecule has 0 atom stereocenters. The Balaban J connectivity index is -0.000000400. The van der Waals surface area contributed by atoms with Gasteiger partial charge in [0.25, 0.3) is 0 Å². The summed E-state index contributed by atoms with van der Waals surface area (Å²) in [6.07, 6.45) is 2.25. The Kier molecular flexibility index (Phi) is 19.2. The second-order valence-electron chi connectivity index (χ2n) is 6.61. The molecule has 0 saturated heterocycles. The van der Waals surface area contributed by atoms with E-state index in [0.717, 1.165) is 12.8 Å². The van der Waals surface area contributed by atoms with Crippen molar-refractivity contribution in [3.05, 3.63) is 97.8 Å². The zero-order chi connectivity index (χ0) is 19.1. The van der Waals surface area contributed by atoms with Gasteiger partial charge in [-0.05, 0) is 12.8 Å². The molecular formula is C26H32Cl2SiZr-4. The van der Waals surface area contributed by atoms with Crippen LogP contribution in [0.4, 0.5) is 0 Å². The van der Waals surface area contributed by atoms with Crippen LogP contribution in [0, 0.1) is 28.7 Å². The van der Waals surface area contributed by atoms with Crippen molar-refractivity contribution in [2.45, 2.75) is 40.5 Å². The Morgan fingerprint density at radius 3 is 1.33 bits per heavy atom. The van der Waals surface area contributed by atoms with Crippen molar-refractivity contribution in [3.8, 4) is 0 Å². The molecule has 0 N–H and O–H groups in total. The van der Waals surface area contributed by atoms with Crippen LogP contribution in [0.25, 0.3) is 21.5 Å². The van der Waals surface area contributed by atoms with Crippen molar-refractivity contribution in [1.29, 1.82) is 0 Å². The predicted octanol–water partition coefficient (Wildman–Crippen LogP) is 1.38. The van der Waals surface area contributed by atoms with Crippen LogP contribution in [0.2, 0.25) is 0 Å². The Morgan fingerprint density at radius 1 is 0.700 bits per heavy atom. The van der Waals surface area contributed by atoms with E-state index in [1.54, 1.807) is 0 Å². The van der Waals surface area contributed by atoms with Gasteiger partial charge in [-0.25, -0.2) is 0 Å². The average molecular weight is 535 g/mol. The van der Waals surface area contributed by atoms with Gasteiger partial charge in [-0.3, -0.25) is 0 Å². The first-order valence-electron chi connectivity index (χ1n) is 9.17. The van der Waals surface area contributed by atoms with E-state index in [9.17, 15) is 0 Å². The molecule has 4 rings (SSSR count). The third-order valence-corrected chi connectivity index (χ3v) is 4.73. The molecule has 0 amide bonds. The van der Waals surface area contributed by atoms with Crippen LogP contribution in [0.15, 0.2) is 60.7 Å². The number of hydrogen-bond acceptors (Lipinski definition) is 0. The molecule has 0 unspecified atom stereocenters. The molecule has 0 aliphatic rings. The molecule has 0 aliphatic carbocycles. The molecule has 0 fully saturated rings. The summed E-state index contributed by atoms with van der Waals surface area (Å²) in [7, 11) is 0. The fourth-order valence-electron chi connectivity index (χ4n) is 3.52. The molecule has 0 aromatic heterocycles. The van der Waals surface area contributed by atoms with Crippen molar-refractivity contribution < 1.29 is 48.1 Å². The van der Waals surface area contributed by atoms with Gasteiger partial charge in [-0.2, -0.15) is 12.1 Å². The van der Waals surface area contributed by atoms with Crippen LogP contribution < -0.4 is 24.8 Å². The van der Waals surface area contributed by atoms with Crippen LogP contribution in [0.1, 0.15) is 36.1 Å². The fraction of sp³-hybridized carbons (Fsp3) is 0.231. The quantitative estimate of drug-likeness (QED) is 0.269. The van der Waals surface area contributed by atoms with Gasteiger partial charge in [-0.15, -0.1) is 69.1 Å². The molecule has 0 nitrogen and oxygen atoms in total. The van der Waals surface area contributed by atoms with Gasteiger partial charge in [0.15, 0.2) is 0 Å². The molecule has 0 saturated carbocycles. The molecule has 162 valence electrons. The van der Waals surface area contributed by atoms with E-state index in [2.05, 4.69) is 95.2 Å². The van der Waals surface area contributed by atoms with E-state index in [1.165, 1.54) is 67.1 Å². The SMILES string of the molecule is CCc1cccc2[cH-]c(C)cc12.CCc1cccc2[cH-]c(C)cc12.[CH3-].[CH3-].[Cl-].[Cl-].[Si]=[Zr+2]. The number of halogens is 2. The van der Waals surface area contributed by atoms with Gasteiger partial charge in [0, 0.05) is 0 Å². The summed E-state index contributed by atoms with van der Waals surface area (Å²) in [6, 6.07) is 22.1. The zero-order valence-electron chi connectivity index (χ0n) is 18.9. The van der Waals surface area contributed by atoms with Crippen LogP contribution in [-0.2, 0) is 36.2 Å². The standard InChI is InChI=1S/2C12H13.2CH3.2ClH.Si.Zr/c2*1-3-10-5-4-6-11-7-9(2)8-12(10)11;;;;;;/h2*4-8H,3H2,1-2H3;2*1H3;2*1H;;/q4*-1;;;;+2/p-2. The van der Waals surface area contributed by atoms with Gasteiger partial charge in [-0.1, -0.05) is 51.0 Å². The van der Waals surface area contributed by atoms with E-state index < -0.39 is 0 Å². The first-order valence-corrected chi connectivity index (χ1v) is 13.4. The third kappa shape index (κ3) is 8.46. The molecule has 4 aromatic rings. The van der Waals surface area contributed by atoms with Crippen LogP contribution >= 0.6 is 0 Å². The number of fused-ring (bicyclic) bond motifs is 2. The summed E-state index contributed by atoms with van der Waals surface area (Å²) in [4.78, 5) is 0. The van der Waals surface area contributed by atoms with Crippen molar-refractivity contribution in [2.24, 2.45) is 0 Å². The fourth-order valence-corrected chi connectivity index (χ4v) is 3.52. The summed E-state index contributed by atoms with van der Waals surface area (Å²) >= 11 is 1.36. The summed E-state index contributed by atoms with van der Waals surface area (Å²) in [5.41, 5.74) is 5.65. The Hall–Kier alpha value is -0.660. The van der Waals surface area contributed by atoms with Gasteiger partial charge in [0.2, 0.25) is 0 Å². The summed E-state index contributed by atoms with van der Waals surface area (Å²) < 4.78 is 0. The Labute approximate surface area is 213 Å². The van der Waals surface area contributed by atoms with Crippen molar-refractivity contribution in [2.75, 3.05) is 0 Å². The maximum absolute atomic E-state index is 3.06. The first-order chi connectivity index (χ1) is 12.6. The van der Waals surface area contributed by atoms with Crippen LogP contribution in [0.5, 0.6) is 0 Å². The minimum atomic E-state index is 0. The van der Waals surface area contributed by atoms with Gasteiger partial charge in [0.05, 0.1) is 0 Å². The number of benzene rings is 2. The van der Waals surface area contributed by atoms with Crippen LogP contribution in [-0.4, -0.2) is 6.88 Å². The zero-order valence-corrected chi connectivity index (χ0v) is 23.9. The average Bonchev–Trinajstić information content (AvgIpc) is 3.23. The van der Waals surface area contributed by atoms with E-state index >= 15 is 0 Å². The molecule has 0 spiro atoms. The monoisotopic (exact) mass is 532 g/mol. The Bertz CT molecular complexity index is 905. The number of aryl methyl sites for hydroxylation is 4. The van der Waals surface area contributed by atoms with Crippen molar-refractivity contribution in [3.63, 3.8) is 0 Å². The maximum atomic E-state index is 3.06. The summed E-state index contributed by atoms with van der Waals surface area (Å²) in [5, 5.41) is 5.62. The predicted molar refractivity (Wildman–Crippen MR) is 126 cm³/mol. The molecule has 30 heavy (non-hydrogen) atoms. The normalized spacial score (nSPS) is 8.87. The van der Waals surface area contributed by atoms with E-state index in [-0.39, 0.29) is 39.7 Å². The van der Waals surface area contributed by atoms with Gasteiger partial charge < -0.3 is 39.7 Å². The molecular weight excluding hydrogens is 503 g/mol. The van der Waals surface area contributed by atoms with E-state index in [4.69, 9.17) is 0 Å². The third-order valence-electron chi connectivity index (χ3n) is 4.73. The minimum absolute atomic E-state index is 0. The van der Waals surface area contributed by atoms with E-state index in [1.807, 2.05) is 0 Å². The number of hydrogen-bond donors (Lipinski definition) is 0. The molecule has 4 heteroatoms. The van der Waals surface area contributed by atoms with Gasteiger partial charge >= 0.3 is 30.2 Å². The first kappa shape index (κ1) is 34.0. The summed E-state index contributed by atoms with van der Waals surface area (Å²) in [5.74, 6) is 0. The molecule has 2 radical (unpaired) electrons. The molecule has 0 aliphatic heterocycles. The topological polar surface area (TPSA) is 0 Å². The number of rotatable bonds is 2. The molecule has 0 heterocycles. The van der Waals surface area contributed by atoms with E-state index in [0.29, 0.717) is 0 Å². The summed E-state index contributed by atoms with van der Waals surface area (Å²) in [6.45, 7) is 11.8. The Morgan fingerprint density at radius 2 is 1.03 bits per heavy atom. The second kappa shape index (κ2) is 17.0. The van der Waals surface area contributed by atoms with Gasteiger partial charge in [0.1, 0.15) is 0 Å². The second-order valence-corrected chi connectivity index (χ2v) is 6.61.